The molecule has 0 spiro atoms. The highest BCUT2D eigenvalue weighted by Gasteiger charge is 2.12. The molecular formula is C21H27BrClNO3. The van der Waals surface area contributed by atoms with Gasteiger partial charge in [0.2, 0.25) is 0 Å². The van der Waals surface area contributed by atoms with Crippen LogP contribution < -0.4 is 14.8 Å². The lowest BCUT2D eigenvalue weighted by Gasteiger charge is -2.15. The van der Waals surface area contributed by atoms with Crippen molar-refractivity contribution >= 4 is 27.5 Å². The van der Waals surface area contributed by atoms with Gasteiger partial charge in [0.05, 0.1) is 17.7 Å². The molecule has 6 heteroatoms. The molecule has 0 aromatic heterocycles. The third kappa shape index (κ3) is 7.70. The molecule has 0 unspecified atom stereocenters. The summed E-state index contributed by atoms with van der Waals surface area (Å²) in [6, 6.07) is 11.7. The Morgan fingerprint density at radius 2 is 1.96 bits per heavy atom. The van der Waals surface area contributed by atoms with Gasteiger partial charge in [-0.15, -0.1) is 0 Å². The van der Waals surface area contributed by atoms with Gasteiger partial charge in [0.1, 0.15) is 6.61 Å². The molecule has 4 nitrogen and oxygen atoms in total. The summed E-state index contributed by atoms with van der Waals surface area (Å²) >= 11 is 9.63. The van der Waals surface area contributed by atoms with Crippen LogP contribution in [0, 0.1) is 0 Å². The Morgan fingerprint density at radius 1 is 1.15 bits per heavy atom. The quantitative estimate of drug-likeness (QED) is 0.447. The van der Waals surface area contributed by atoms with Crippen molar-refractivity contribution < 1.29 is 14.2 Å². The second-order valence-corrected chi connectivity index (χ2v) is 7.77. The Hall–Kier alpha value is -1.27. The molecule has 0 aliphatic heterocycles. The van der Waals surface area contributed by atoms with Crippen LogP contribution in [0.1, 0.15) is 31.4 Å². The van der Waals surface area contributed by atoms with E-state index in [1.807, 2.05) is 50.2 Å². The van der Waals surface area contributed by atoms with Crippen molar-refractivity contribution in [3.8, 4) is 11.5 Å². The highest BCUT2D eigenvalue weighted by Crippen LogP contribution is 2.37. The zero-order valence-electron chi connectivity index (χ0n) is 16.1. The smallest absolute Gasteiger partial charge is 0.175 e. The first kappa shape index (κ1) is 22.0. The van der Waals surface area contributed by atoms with Gasteiger partial charge in [0.15, 0.2) is 11.5 Å². The predicted molar refractivity (Wildman–Crippen MR) is 114 cm³/mol. The number of nitrogens with one attached hydrogen (secondary N) is 1. The van der Waals surface area contributed by atoms with E-state index in [9.17, 15) is 0 Å². The number of benzene rings is 2. The monoisotopic (exact) mass is 455 g/mol. The molecule has 0 saturated carbocycles. The van der Waals surface area contributed by atoms with Crippen molar-refractivity contribution in [2.24, 2.45) is 0 Å². The van der Waals surface area contributed by atoms with Crippen molar-refractivity contribution in [1.82, 2.24) is 5.32 Å². The Kier molecular flexibility index (Phi) is 9.42. The lowest BCUT2D eigenvalue weighted by molar-refractivity contribution is 0.0770. The highest BCUT2D eigenvalue weighted by atomic mass is 79.9. The summed E-state index contributed by atoms with van der Waals surface area (Å²) in [5.41, 5.74) is 2.13. The number of ether oxygens (including phenoxy) is 3. The van der Waals surface area contributed by atoms with E-state index in [0.717, 1.165) is 41.7 Å². The van der Waals surface area contributed by atoms with Crippen LogP contribution in [-0.4, -0.2) is 26.4 Å². The fourth-order valence-electron chi connectivity index (χ4n) is 2.55. The number of rotatable bonds is 11. The maximum absolute atomic E-state index is 6.03. The van der Waals surface area contributed by atoms with E-state index < -0.39 is 0 Å². The molecule has 0 atom stereocenters. The van der Waals surface area contributed by atoms with Gasteiger partial charge < -0.3 is 19.5 Å². The van der Waals surface area contributed by atoms with E-state index >= 15 is 0 Å². The lowest BCUT2D eigenvalue weighted by Crippen LogP contribution is -2.17. The Labute approximate surface area is 175 Å². The van der Waals surface area contributed by atoms with Crippen LogP contribution in [0.2, 0.25) is 5.02 Å². The van der Waals surface area contributed by atoms with Crippen molar-refractivity contribution in [3.05, 3.63) is 57.0 Å². The minimum Gasteiger partial charge on any atom is -0.493 e. The van der Waals surface area contributed by atoms with E-state index in [1.165, 1.54) is 0 Å². The standard InChI is InChI=1S/C21H27BrClNO3/c1-15(2)26-9-5-8-24-13-17-11-19(22)21(20(12-17)25-3)27-14-16-6-4-7-18(23)10-16/h4,6-7,10-12,15,24H,5,8-9,13-14H2,1-3H3. The summed E-state index contributed by atoms with van der Waals surface area (Å²) in [7, 11) is 1.65. The first-order valence-corrected chi connectivity index (χ1v) is 10.2. The Bertz CT molecular complexity index is 725. The van der Waals surface area contributed by atoms with Crippen LogP contribution >= 0.6 is 27.5 Å². The molecule has 1 N–H and O–H groups in total. The largest absolute Gasteiger partial charge is 0.493 e. The molecule has 0 radical (unpaired) electrons. The van der Waals surface area contributed by atoms with E-state index in [2.05, 4.69) is 21.2 Å². The van der Waals surface area contributed by atoms with E-state index in [-0.39, 0.29) is 6.10 Å². The summed E-state index contributed by atoms with van der Waals surface area (Å²) in [4.78, 5) is 0. The summed E-state index contributed by atoms with van der Waals surface area (Å²) in [6.07, 6.45) is 1.27. The normalized spacial score (nSPS) is 11.0. The molecule has 2 rings (SSSR count). The Balaban J connectivity index is 1.91. The van der Waals surface area contributed by atoms with Crippen LogP contribution in [0.5, 0.6) is 11.5 Å². The third-order valence-corrected chi connectivity index (χ3v) is 4.66. The minimum absolute atomic E-state index is 0.282. The minimum atomic E-state index is 0.282. The third-order valence-electron chi connectivity index (χ3n) is 3.84. The predicted octanol–water partition coefficient (Wildman–Crippen LogP) is 5.59. The van der Waals surface area contributed by atoms with Gasteiger partial charge in [-0.1, -0.05) is 23.7 Å². The summed E-state index contributed by atoms with van der Waals surface area (Å²) in [5.74, 6) is 1.39. The van der Waals surface area contributed by atoms with Crippen LogP contribution in [0.4, 0.5) is 0 Å². The number of halogens is 2. The second-order valence-electron chi connectivity index (χ2n) is 6.48. The molecule has 0 heterocycles. The number of hydrogen-bond donors (Lipinski definition) is 1. The molecule has 0 fully saturated rings. The molecular weight excluding hydrogens is 430 g/mol. The fraction of sp³-hybridized carbons (Fsp3) is 0.429. The lowest BCUT2D eigenvalue weighted by atomic mass is 10.2. The van der Waals surface area contributed by atoms with Crippen molar-refractivity contribution in [1.29, 1.82) is 0 Å². The summed E-state index contributed by atoms with van der Waals surface area (Å²) in [6.45, 7) is 6.95. The van der Waals surface area contributed by atoms with Gasteiger partial charge in [-0.25, -0.2) is 0 Å². The molecule has 0 bridgehead atoms. The van der Waals surface area contributed by atoms with Crippen LogP contribution in [0.15, 0.2) is 40.9 Å². The van der Waals surface area contributed by atoms with Crippen LogP contribution in [0.3, 0.4) is 0 Å². The van der Waals surface area contributed by atoms with E-state index in [4.69, 9.17) is 25.8 Å². The van der Waals surface area contributed by atoms with Crippen molar-refractivity contribution in [2.75, 3.05) is 20.3 Å². The molecule has 0 saturated heterocycles. The average molecular weight is 457 g/mol. The van der Waals surface area contributed by atoms with Gasteiger partial charge in [-0.3, -0.25) is 0 Å². The highest BCUT2D eigenvalue weighted by molar-refractivity contribution is 9.10. The van der Waals surface area contributed by atoms with Gasteiger partial charge in [0.25, 0.3) is 0 Å². The van der Waals surface area contributed by atoms with Gasteiger partial charge in [0, 0.05) is 18.2 Å². The van der Waals surface area contributed by atoms with E-state index in [0.29, 0.717) is 23.1 Å². The maximum atomic E-state index is 6.03. The van der Waals surface area contributed by atoms with Crippen LogP contribution in [-0.2, 0) is 17.9 Å². The molecule has 0 amide bonds. The van der Waals surface area contributed by atoms with Crippen molar-refractivity contribution in [2.45, 2.75) is 39.5 Å². The molecule has 2 aromatic carbocycles. The SMILES string of the molecule is COc1cc(CNCCCOC(C)C)cc(Br)c1OCc1cccc(Cl)c1. The topological polar surface area (TPSA) is 39.7 Å². The first-order chi connectivity index (χ1) is 13.0. The zero-order chi connectivity index (χ0) is 19.6. The van der Waals surface area contributed by atoms with Crippen LogP contribution in [0.25, 0.3) is 0 Å². The summed E-state index contributed by atoms with van der Waals surface area (Å²) < 4.78 is 17.9. The average Bonchev–Trinajstić information content (AvgIpc) is 2.63. The number of hydrogen-bond acceptors (Lipinski definition) is 4. The molecule has 0 aliphatic carbocycles. The Morgan fingerprint density at radius 3 is 2.67 bits per heavy atom. The van der Waals surface area contributed by atoms with Gasteiger partial charge in [-0.05, 0) is 78.1 Å². The zero-order valence-corrected chi connectivity index (χ0v) is 18.4. The van der Waals surface area contributed by atoms with Gasteiger partial charge in [-0.2, -0.15) is 0 Å². The maximum Gasteiger partial charge on any atom is 0.175 e. The molecule has 148 valence electrons. The number of methoxy groups -OCH3 is 1. The molecule has 2 aromatic rings. The van der Waals surface area contributed by atoms with Crippen molar-refractivity contribution in [3.63, 3.8) is 0 Å². The molecule has 0 aliphatic rings. The second kappa shape index (κ2) is 11.5. The molecule has 27 heavy (non-hydrogen) atoms. The van der Waals surface area contributed by atoms with Gasteiger partial charge >= 0.3 is 0 Å². The summed E-state index contributed by atoms with van der Waals surface area (Å²) in [5, 5.41) is 4.12. The fourth-order valence-corrected chi connectivity index (χ4v) is 3.36. The van der Waals surface area contributed by atoms with E-state index in [1.54, 1.807) is 7.11 Å². The first-order valence-electron chi connectivity index (χ1n) is 9.05.